The zero-order chi connectivity index (χ0) is 18.3. The Morgan fingerprint density at radius 2 is 2.04 bits per heavy atom. The van der Waals surface area contributed by atoms with Gasteiger partial charge < -0.3 is 9.47 Å². The summed E-state index contributed by atoms with van der Waals surface area (Å²) in [7, 11) is 0. The van der Waals surface area contributed by atoms with Gasteiger partial charge in [-0.05, 0) is 43.5 Å². The minimum Gasteiger partial charge on any atom is -0.345 e. The van der Waals surface area contributed by atoms with E-state index in [0.717, 1.165) is 25.2 Å². The third-order valence-electron chi connectivity index (χ3n) is 5.60. The third kappa shape index (κ3) is 2.93. The van der Waals surface area contributed by atoms with Crippen LogP contribution in [0, 0.1) is 12.8 Å². The highest BCUT2D eigenvalue weighted by Crippen LogP contribution is 2.35. The molecule has 0 spiro atoms. The second-order valence-electron chi connectivity index (χ2n) is 7.66. The molecule has 138 valence electrons. The highest BCUT2D eigenvalue weighted by Gasteiger charge is 2.39. The van der Waals surface area contributed by atoms with Gasteiger partial charge in [0, 0.05) is 30.7 Å². The van der Waals surface area contributed by atoms with Crippen LogP contribution in [0.4, 0.5) is 0 Å². The SMILES string of the molecule is Cc1ccc2n1CCN(C(=O)C1CC(c3ccccn3)NN1)C2C(C)C. The van der Waals surface area contributed by atoms with Gasteiger partial charge in [0.25, 0.3) is 0 Å². The lowest BCUT2D eigenvalue weighted by molar-refractivity contribution is -0.138. The molecule has 4 rings (SSSR count). The maximum Gasteiger partial charge on any atom is 0.241 e. The molecule has 3 atom stereocenters. The molecule has 1 saturated heterocycles. The maximum absolute atomic E-state index is 13.3. The molecule has 2 aliphatic heterocycles. The number of hydrogen-bond acceptors (Lipinski definition) is 4. The van der Waals surface area contributed by atoms with E-state index < -0.39 is 0 Å². The summed E-state index contributed by atoms with van der Waals surface area (Å²) in [5.41, 5.74) is 9.95. The number of rotatable bonds is 3. The van der Waals surface area contributed by atoms with Gasteiger partial charge in [-0.1, -0.05) is 19.9 Å². The van der Waals surface area contributed by atoms with Crippen molar-refractivity contribution in [3.63, 3.8) is 0 Å². The molecular weight excluding hydrogens is 326 g/mol. The van der Waals surface area contributed by atoms with Crippen LogP contribution in [-0.2, 0) is 11.3 Å². The topological polar surface area (TPSA) is 62.2 Å². The zero-order valence-electron chi connectivity index (χ0n) is 15.6. The maximum atomic E-state index is 13.3. The Labute approximate surface area is 154 Å². The minimum atomic E-state index is -0.217. The molecule has 0 aromatic carbocycles. The van der Waals surface area contributed by atoms with Crippen LogP contribution in [0.15, 0.2) is 36.5 Å². The van der Waals surface area contributed by atoms with E-state index >= 15 is 0 Å². The Morgan fingerprint density at radius 3 is 2.77 bits per heavy atom. The molecule has 2 N–H and O–H groups in total. The molecule has 26 heavy (non-hydrogen) atoms. The first kappa shape index (κ1) is 17.2. The first-order chi connectivity index (χ1) is 12.6. The van der Waals surface area contributed by atoms with Crippen molar-refractivity contribution in [1.29, 1.82) is 0 Å². The number of hydrazine groups is 1. The number of fused-ring (bicyclic) bond motifs is 1. The smallest absolute Gasteiger partial charge is 0.241 e. The molecule has 3 unspecified atom stereocenters. The zero-order valence-corrected chi connectivity index (χ0v) is 15.6. The normalized spacial score (nSPS) is 25.5. The first-order valence-electron chi connectivity index (χ1n) is 9.44. The molecule has 2 aromatic heterocycles. The molecule has 0 radical (unpaired) electrons. The summed E-state index contributed by atoms with van der Waals surface area (Å²) in [6.45, 7) is 8.15. The summed E-state index contributed by atoms with van der Waals surface area (Å²) in [5.74, 6) is 0.549. The standard InChI is InChI=1S/C20H27N5O/c1-13(2)19-18-8-7-14(3)24(18)10-11-25(19)20(26)17-12-16(22-23-17)15-6-4-5-9-21-15/h4-9,13,16-17,19,22-23H,10-12H2,1-3H3. The molecule has 6 heteroatoms. The van der Waals surface area contributed by atoms with E-state index in [9.17, 15) is 4.79 Å². The number of amides is 1. The van der Waals surface area contributed by atoms with Gasteiger partial charge in [0.2, 0.25) is 5.91 Å². The second-order valence-corrected chi connectivity index (χ2v) is 7.66. The van der Waals surface area contributed by atoms with Crippen molar-refractivity contribution in [2.75, 3.05) is 6.54 Å². The van der Waals surface area contributed by atoms with Gasteiger partial charge in [0.1, 0.15) is 6.04 Å². The number of hydrogen-bond donors (Lipinski definition) is 2. The average Bonchev–Trinajstić information content (AvgIpc) is 3.28. The molecule has 0 bridgehead atoms. The van der Waals surface area contributed by atoms with E-state index in [0.29, 0.717) is 5.92 Å². The number of aromatic nitrogens is 2. The van der Waals surface area contributed by atoms with Gasteiger partial charge in [0.05, 0.1) is 17.8 Å². The Balaban J connectivity index is 1.53. The Kier molecular flexibility index (Phi) is 4.54. The fourth-order valence-corrected chi connectivity index (χ4v) is 4.30. The predicted molar refractivity (Wildman–Crippen MR) is 100 cm³/mol. The predicted octanol–water partition coefficient (Wildman–Crippen LogP) is 2.34. The lowest BCUT2D eigenvalue weighted by atomic mass is 9.95. The van der Waals surface area contributed by atoms with Crippen LogP contribution in [0.1, 0.15) is 49.4 Å². The first-order valence-corrected chi connectivity index (χ1v) is 9.44. The van der Waals surface area contributed by atoms with Crippen molar-refractivity contribution in [2.45, 2.75) is 51.9 Å². The van der Waals surface area contributed by atoms with Crippen molar-refractivity contribution in [3.05, 3.63) is 53.6 Å². The summed E-state index contributed by atoms with van der Waals surface area (Å²) >= 11 is 0. The van der Waals surface area contributed by atoms with Crippen molar-refractivity contribution in [3.8, 4) is 0 Å². The Bertz CT molecular complexity index is 785. The van der Waals surface area contributed by atoms with Crippen molar-refractivity contribution >= 4 is 5.91 Å². The van der Waals surface area contributed by atoms with Gasteiger partial charge in [-0.25, -0.2) is 10.9 Å². The second kappa shape index (κ2) is 6.85. The highest BCUT2D eigenvalue weighted by atomic mass is 16.2. The molecule has 2 aromatic rings. The van der Waals surface area contributed by atoms with Crippen LogP contribution in [0.3, 0.4) is 0 Å². The van der Waals surface area contributed by atoms with Gasteiger partial charge in [-0.3, -0.25) is 9.78 Å². The number of pyridine rings is 1. The van der Waals surface area contributed by atoms with Crippen LogP contribution >= 0.6 is 0 Å². The molecule has 1 fully saturated rings. The van der Waals surface area contributed by atoms with Gasteiger partial charge in [-0.15, -0.1) is 0 Å². The molecule has 0 aliphatic carbocycles. The van der Waals surface area contributed by atoms with Gasteiger partial charge >= 0.3 is 0 Å². The van der Waals surface area contributed by atoms with E-state index in [1.165, 1.54) is 11.4 Å². The quantitative estimate of drug-likeness (QED) is 0.889. The van der Waals surface area contributed by atoms with Gasteiger partial charge in [-0.2, -0.15) is 0 Å². The average molecular weight is 353 g/mol. The fourth-order valence-electron chi connectivity index (χ4n) is 4.30. The number of carbonyl (C=O) groups is 1. The number of carbonyl (C=O) groups excluding carboxylic acids is 1. The molecular formula is C20H27N5O. The van der Waals surface area contributed by atoms with Crippen LogP contribution in [0.5, 0.6) is 0 Å². The van der Waals surface area contributed by atoms with E-state index in [1.54, 1.807) is 6.20 Å². The van der Waals surface area contributed by atoms with Crippen LogP contribution in [-0.4, -0.2) is 32.9 Å². The van der Waals surface area contributed by atoms with Gasteiger partial charge in [0.15, 0.2) is 0 Å². The molecule has 0 saturated carbocycles. The van der Waals surface area contributed by atoms with Crippen LogP contribution in [0.25, 0.3) is 0 Å². The molecule has 4 heterocycles. The Hall–Kier alpha value is -2.18. The lowest BCUT2D eigenvalue weighted by Crippen LogP contribution is -2.51. The van der Waals surface area contributed by atoms with Crippen molar-refractivity contribution in [1.82, 2.24) is 25.3 Å². The largest absolute Gasteiger partial charge is 0.345 e. The van der Waals surface area contributed by atoms with Crippen molar-refractivity contribution in [2.24, 2.45) is 5.92 Å². The minimum absolute atomic E-state index is 0.0681. The highest BCUT2D eigenvalue weighted by molar-refractivity contribution is 5.83. The van der Waals surface area contributed by atoms with E-state index in [4.69, 9.17) is 0 Å². The number of nitrogens with one attached hydrogen (secondary N) is 2. The summed E-state index contributed by atoms with van der Waals surface area (Å²) in [6, 6.07) is 10.2. The molecule has 6 nitrogen and oxygen atoms in total. The van der Waals surface area contributed by atoms with E-state index in [2.05, 4.69) is 58.2 Å². The van der Waals surface area contributed by atoms with E-state index in [-0.39, 0.29) is 24.0 Å². The number of nitrogens with zero attached hydrogens (tertiary/aromatic N) is 3. The van der Waals surface area contributed by atoms with Crippen LogP contribution < -0.4 is 10.9 Å². The monoisotopic (exact) mass is 353 g/mol. The lowest BCUT2D eigenvalue weighted by Gasteiger charge is -2.40. The summed E-state index contributed by atoms with van der Waals surface area (Å²) in [5, 5.41) is 0. The third-order valence-corrected chi connectivity index (χ3v) is 5.60. The summed E-state index contributed by atoms with van der Waals surface area (Å²) in [4.78, 5) is 19.8. The Morgan fingerprint density at radius 1 is 1.19 bits per heavy atom. The van der Waals surface area contributed by atoms with Crippen molar-refractivity contribution < 1.29 is 4.79 Å². The molecule has 1 amide bonds. The molecule has 2 aliphatic rings. The summed E-state index contributed by atoms with van der Waals surface area (Å²) < 4.78 is 2.35. The fraction of sp³-hybridized carbons (Fsp3) is 0.500. The summed E-state index contributed by atoms with van der Waals surface area (Å²) in [6.07, 6.45) is 2.51. The number of aryl methyl sites for hydroxylation is 1. The van der Waals surface area contributed by atoms with Crippen LogP contribution in [0.2, 0.25) is 0 Å². The van der Waals surface area contributed by atoms with E-state index in [1.807, 2.05) is 18.2 Å².